The minimum atomic E-state index is 0.0733. The maximum absolute atomic E-state index is 11.9. The Bertz CT molecular complexity index is 453. The fourth-order valence-corrected chi connectivity index (χ4v) is 2.71. The van der Waals surface area contributed by atoms with E-state index >= 15 is 0 Å². The molecule has 2 rings (SSSR count). The fraction of sp³-hybridized carbons (Fsp3) is 0.562. The highest BCUT2D eigenvalue weighted by molar-refractivity contribution is 5.78. The van der Waals surface area contributed by atoms with E-state index in [-0.39, 0.29) is 5.91 Å². The van der Waals surface area contributed by atoms with Crippen molar-refractivity contribution in [2.24, 2.45) is 5.92 Å². The molecular weight excluding hydrogens is 254 g/mol. The molecule has 0 aliphatic heterocycles. The van der Waals surface area contributed by atoms with Gasteiger partial charge in [0.2, 0.25) is 5.91 Å². The van der Waals surface area contributed by atoms with Gasteiger partial charge in [-0.25, -0.2) is 0 Å². The second kappa shape index (κ2) is 7.17. The van der Waals surface area contributed by atoms with Crippen LogP contribution in [-0.2, 0) is 11.2 Å². The number of amides is 1. The molecule has 110 valence electrons. The van der Waals surface area contributed by atoms with Crippen molar-refractivity contribution in [2.75, 3.05) is 20.8 Å². The number of benzene rings is 1. The summed E-state index contributed by atoms with van der Waals surface area (Å²) < 4.78 is 10.4. The highest BCUT2D eigenvalue weighted by atomic mass is 16.5. The van der Waals surface area contributed by atoms with Crippen molar-refractivity contribution in [1.29, 1.82) is 0 Å². The van der Waals surface area contributed by atoms with Gasteiger partial charge in [0.05, 0.1) is 20.6 Å². The molecule has 1 aromatic rings. The normalized spacial score (nSPS) is 15.1. The van der Waals surface area contributed by atoms with Crippen LogP contribution in [0.3, 0.4) is 0 Å². The molecule has 0 bridgehead atoms. The van der Waals surface area contributed by atoms with Gasteiger partial charge in [0.15, 0.2) is 11.5 Å². The van der Waals surface area contributed by atoms with Gasteiger partial charge in [-0.15, -0.1) is 0 Å². The van der Waals surface area contributed by atoms with Gasteiger partial charge >= 0.3 is 0 Å². The van der Waals surface area contributed by atoms with Crippen LogP contribution in [0.5, 0.6) is 11.5 Å². The minimum absolute atomic E-state index is 0.0733. The lowest BCUT2D eigenvalue weighted by atomic mass is 10.1. The van der Waals surface area contributed by atoms with E-state index in [4.69, 9.17) is 9.47 Å². The fourth-order valence-electron chi connectivity index (χ4n) is 2.71. The molecule has 1 saturated carbocycles. The number of ether oxygens (including phenoxy) is 2. The summed E-state index contributed by atoms with van der Waals surface area (Å²) >= 11 is 0. The first-order valence-corrected chi connectivity index (χ1v) is 7.20. The van der Waals surface area contributed by atoms with Crippen LogP contribution in [0.1, 0.15) is 31.2 Å². The monoisotopic (exact) mass is 277 g/mol. The van der Waals surface area contributed by atoms with Crippen LogP contribution in [-0.4, -0.2) is 26.7 Å². The van der Waals surface area contributed by atoms with Gasteiger partial charge in [-0.05, 0) is 36.5 Å². The van der Waals surface area contributed by atoms with Crippen molar-refractivity contribution in [1.82, 2.24) is 5.32 Å². The van der Waals surface area contributed by atoms with Gasteiger partial charge in [0.1, 0.15) is 0 Å². The van der Waals surface area contributed by atoms with E-state index in [1.165, 1.54) is 25.7 Å². The summed E-state index contributed by atoms with van der Waals surface area (Å²) in [6.45, 7) is 0.812. The molecule has 0 unspecified atom stereocenters. The van der Waals surface area contributed by atoms with Crippen molar-refractivity contribution < 1.29 is 14.3 Å². The van der Waals surface area contributed by atoms with Crippen molar-refractivity contribution in [2.45, 2.75) is 32.1 Å². The average Bonchev–Trinajstić information content (AvgIpc) is 2.98. The molecule has 1 aliphatic rings. The van der Waals surface area contributed by atoms with Crippen molar-refractivity contribution in [3.63, 3.8) is 0 Å². The van der Waals surface area contributed by atoms with Crippen LogP contribution in [0, 0.1) is 5.92 Å². The van der Waals surface area contributed by atoms with Crippen LogP contribution in [0.15, 0.2) is 18.2 Å². The zero-order valence-electron chi connectivity index (χ0n) is 12.3. The number of hydrogen-bond donors (Lipinski definition) is 1. The Labute approximate surface area is 120 Å². The van der Waals surface area contributed by atoms with E-state index in [9.17, 15) is 4.79 Å². The maximum atomic E-state index is 11.9. The van der Waals surface area contributed by atoms with E-state index in [0.717, 1.165) is 12.1 Å². The number of rotatable bonds is 6. The molecule has 1 amide bonds. The van der Waals surface area contributed by atoms with Crippen molar-refractivity contribution in [3.8, 4) is 11.5 Å². The lowest BCUT2D eigenvalue weighted by Crippen LogP contribution is -2.29. The van der Waals surface area contributed by atoms with E-state index in [1.807, 2.05) is 18.2 Å². The van der Waals surface area contributed by atoms with Crippen LogP contribution in [0.2, 0.25) is 0 Å². The Morgan fingerprint density at radius 1 is 1.20 bits per heavy atom. The number of carbonyl (C=O) groups excluding carboxylic acids is 1. The molecule has 20 heavy (non-hydrogen) atoms. The molecule has 0 atom stereocenters. The molecule has 0 saturated heterocycles. The molecule has 0 heterocycles. The van der Waals surface area contributed by atoms with Gasteiger partial charge in [0.25, 0.3) is 0 Å². The Morgan fingerprint density at radius 2 is 1.90 bits per heavy atom. The molecule has 1 N–H and O–H groups in total. The van der Waals surface area contributed by atoms with Crippen molar-refractivity contribution >= 4 is 5.91 Å². The first-order chi connectivity index (χ1) is 9.72. The average molecular weight is 277 g/mol. The zero-order chi connectivity index (χ0) is 14.4. The summed E-state index contributed by atoms with van der Waals surface area (Å²) in [6, 6.07) is 5.59. The second-order valence-electron chi connectivity index (χ2n) is 5.32. The number of nitrogens with one attached hydrogen (secondary N) is 1. The first kappa shape index (κ1) is 14.7. The summed E-state index contributed by atoms with van der Waals surface area (Å²) in [5, 5.41) is 3.03. The number of carbonyl (C=O) groups is 1. The summed E-state index contributed by atoms with van der Waals surface area (Å²) in [4.78, 5) is 11.9. The predicted molar refractivity (Wildman–Crippen MR) is 78.2 cm³/mol. The molecule has 0 radical (unpaired) electrons. The summed E-state index contributed by atoms with van der Waals surface area (Å²) in [5.74, 6) is 2.09. The molecule has 4 nitrogen and oxygen atoms in total. The van der Waals surface area contributed by atoms with Gasteiger partial charge in [0, 0.05) is 6.54 Å². The van der Waals surface area contributed by atoms with E-state index in [0.29, 0.717) is 23.8 Å². The number of methoxy groups -OCH3 is 2. The standard InChI is InChI=1S/C16H23NO3/c1-19-14-8-7-13(9-15(14)20-2)10-16(18)17-11-12-5-3-4-6-12/h7-9,12H,3-6,10-11H2,1-2H3,(H,17,18). The third kappa shape index (κ3) is 3.89. The van der Waals surface area contributed by atoms with Crippen LogP contribution >= 0.6 is 0 Å². The third-order valence-electron chi connectivity index (χ3n) is 3.88. The molecule has 4 heteroatoms. The first-order valence-electron chi connectivity index (χ1n) is 7.20. The van der Waals surface area contributed by atoms with E-state index in [2.05, 4.69) is 5.32 Å². The Balaban J connectivity index is 1.86. The van der Waals surface area contributed by atoms with Gasteiger partial charge in [-0.2, -0.15) is 0 Å². The van der Waals surface area contributed by atoms with Crippen LogP contribution in [0.4, 0.5) is 0 Å². The SMILES string of the molecule is COc1ccc(CC(=O)NCC2CCCC2)cc1OC. The van der Waals surface area contributed by atoms with Gasteiger partial charge < -0.3 is 14.8 Å². The van der Waals surface area contributed by atoms with Crippen molar-refractivity contribution in [3.05, 3.63) is 23.8 Å². The molecule has 0 aromatic heterocycles. The summed E-state index contributed by atoms with van der Waals surface area (Å²) in [6.07, 6.45) is 5.48. The Morgan fingerprint density at radius 3 is 2.55 bits per heavy atom. The number of hydrogen-bond acceptors (Lipinski definition) is 3. The highest BCUT2D eigenvalue weighted by Gasteiger charge is 2.16. The smallest absolute Gasteiger partial charge is 0.224 e. The topological polar surface area (TPSA) is 47.6 Å². The maximum Gasteiger partial charge on any atom is 0.224 e. The molecule has 1 fully saturated rings. The molecular formula is C16H23NO3. The molecule has 1 aliphatic carbocycles. The Kier molecular flexibility index (Phi) is 5.27. The van der Waals surface area contributed by atoms with Gasteiger partial charge in [-0.3, -0.25) is 4.79 Å². The summed E-state index contributed by atoms with van der Waals surface area (Å²) in [7, 11) is 3.20. The predicted octanol–water partition coefficient (Wildman–Crippen LogP) is 2.55. The summed E-state index contributed by atoms with van der Waals surface area (Å²) in [5.41, 5.74) is 0.937. The minimum Gasteiger partial charge on any atom is -0.493 e. The Hall–Kier alpha value is -1.71. The van der Waals surface area contributed by atoms with E-state index in [1.54, 1.807) is 14.2 Å². The third-order valence-corrected chi connectivity index (χ3v) is 3.88. The largest absolute Gasteiger partial charge is 0.493 e. The zero-order valence-corrected chi connectivity index (χ0v) is 12.3. The van der Waals surface area contributed by atoms with Crippen LogP contribution < -0.4 is 14.8 Å². The van der Waals surface area contributed by atoms with Crippen LogP contribution in [0.25, 0.3) is 0 Å². The van der Waals surface area contributed by atoms with Gasteiger partial charge in [-0.1, -0.05) is 18.9 Å². The molecule has 1 aromatic carbocycles. The molecule has 0 spiro atoms. The quantitative estimate of drug-likeness (QED) is 0.869. The lowest BCUT2D eigenvalue weighted by Gasteiger charge is -2.12. The van der Waals surface area contributed by atoms with E-state index < -0.39 is 0 Å². The lowest BCUT2D eigenvalue weighted by molar-refractivity contribution is -0.120. The highest BCUT2D eigenvalue weighted by Crippen LogP contribution is 2.27. The second-order valence-corrected chi connectivity index (χ2v) is 5.32.